The van der Waals surface area contributed by atoms with Gasteiger partial charge in [-0.15, -0.1) is 0 Å². The van der Waals surface area contributed by atoms with Gasteiger partial charge in [0.25, 0.3) is 0 Å². The maximum atomic E-state index is 12.6. The Balaban J connectivity index is 3.34. The Hall–Kier alpha value is -1.58. The third-order valence-corrected chi connectivity index (χ3v) is 2.13. The number of carbonyl (C=O) groups excluding carboxylic acids is 1. The summed E-state index contributed by atoms with van der Waals surface area (Å²) in [4.78, 5) is 11.2. The van der Waals surface area contributed by atoms with E-state index in [0.29, 0.717) is 22.6 Å². The van der Waals surface area contributed by atoms with E-state index in [2.05, 4.69) is 0 Å². The van der Waals surface area contributed by atoms with Gasteiger partial charge in [-0.2, -0.15) is 0 Å². The van der Waals surface area contributed by atoms with Gasteiger partial charge in [0.2, 0.25) is 0 Å². The van der Waals surface area contributed by atoms with Crippen LogP contribution in [0.1, 0.15) is 22.8 Å². The molecule has 0 spiro atoms. The Morgan fingerprint density at radius 3 is 2.27 bits per heavy atom. The van der Waals surface area contributed by atoms with Gasteiger partial charge < -0.3 is 9.47 Å². The number of halogens is 1. The van der Waals surface area contributed by atoms with Crippen molar-refractivity contribution in [2.45, 2.75) is 13.6 Å². The average molecular weight is 212 g/mol. The smallest absolute Gasteiger partial charge is 0.163 e. The van der Waals surface area contributed by atoms with Crippen molar-refractivity contribution in [3.8, 4) is 11.5 Å². The zero-order valence-corrected chi connectivity index (χ0v) is 8.96. The van der Waals surface area contributed by atoms with E-state index in [1.165, 1.54) is 33.3 Å². The van der Waals surface area contributed by atoms with Gasteiger partial charge >= 0.3 is 0 Å². The fraction of sp³-hybridized carbons (Fsp3) is 0.364. The third kappa shape index (κ3) is 2.26. The number of ether oxygens (including phenoxy) is 2. The van der Waals surface area contributed by atoms with E-state index in [1.54, 1.807) is 0 Å². The molecule has 0 saturated carbocycles. The SMILES string of the molecule is COc1cc(OC)c(C(C)=O)cc1CF. The molecule has 0 aliphatic carbocycles. The van der Waals surface area contributed by atoms with Gasteiger partial charge in [0.05, 0.1) is 19.8 Å². The second kappa shape index (κ2) is 4.77. The number of Topliss-reactive ketones (excluding diaryl/α,β-unsaturated/α-hetero) is 1. The number of benzene rings is 1. The second-order valence-corrected chi connectivity index (χ2v) is 3.05. The van der Waals surface area contributed by atoms with Gasteiger partial charge in [0.15, 0.2) is 5.78 Å². The molecule has 0 radical (unpaired) electrons. The van der Waals surface area contributed by atoms with Crippen molar-refractivity contribution in [3.05, 3.63) is 23.3 Å². The molecule has 0 amide bonds. The second-order valence-electron chi connectivity index (χ2n) is 3.05. The normalized spacial score (nSPS) is 9.87. The molecule has 82 valence electrons. The molecule has 0 bridgehead atoms. The van der Waals surface area contributed by atoms with Crippen LogP contribution >= 0.6 is 0 Å². The fourth-order valence-electron chi connectivity index (χ4n) is 1.34. The zero-order chi connectivity index (χ0) is 11.4. The summed E-state index contributed by atoms with van der Waals surface area (Å²) in [7, 11) is 2.90. The summed E-state index contributed by atoms with van der Waals surface area (Å²) < 4.78 is 22.6. The predicted molar refractivity (Wildman–Crippen MR) is 54.4 cm³/mol. The van der Waals surface area contributed by atoms with Crippen LogP contribution in [0.4, 0.5) is 4.39 Å². The molecule has 1 rings (SSSR count). The summed E-state index contributed by atoms with van der Waals surface area (Å²) >= 11 is 0. The van der Waals surface area contributed by atoms with Crippen LogP contribution in [0.15, 0.2) is 12.1 Å². The molecule has 0 aliphatic rings. The van der Waals surface area contributed by atoms with E-state index in [-0.39, 0.29) is 5.78 Å². The van der Waals surface area contributed by atoms with Crippen LogP contribution in [0.2, 0.25) is 0 Å². The summed E-state index contributed by atoms with van der Waals surface area (Å²) in [5.74, 6) is 0.625. The van der Waals surface area contributed by atoms with E-state index >= 15 is 0 Å². The van der Waals surface area contributed by atoms with Crippen molar-refractivity contribution >= 4 is 5.78 Å². The van der Waals surface area contributed by atoms with Crippen molar-refractivity contribution in [2.24, 2.45) is 0 Å². The van der Waals surface area contributed by atoms with Crippen molar-refractivity contribution < 1.29 is 18.7 Å². The first-order chi connectivity index (χ1) is 7.13. The Bertz CT molecular complexity index is 374. The van der Waals surface area contributed by atoms with Gasteiger partial charge in [-0.05, 0) is 13.0 Å². The molecule has 0 N–H and O–H groups in total. The summed E-state index contributed by atoms with van der Waals surface area (Å²) in [6.45, 7) is 0.736. The summed E-state index contributed by atoms with van der Waals surface area (Å²) in [5.41, 5.74) is 0.717. The number of methoxy groups -OCH3 is 2. The molecular weight excluding hydrogens is 199 g/mol. The largest absolute Gasteiger partial charge is 0.496 e. The summed E-state index contributed by atoms with van der Waals surface area (Å²) in [6.07, 6.45) is 0. The Morgan fingerprint density at radius 1 is 1.27 bits per heavy atom. The minimum atomic E-state index is -0.673. The number of hydrogen-bond acceptors (Lipinski definition) is 3. The molecule has 0 aliphatic heterocycles. The van der Waals surface area contributed by atoms with Gasteiger partial charge in [-0.3, -0.25) is 4.79 Å². The number of rotatable bonds is 4. The molecular formula is C11H13FO3. The van der Waals surface area contributed by atoms with Crippen molar-refractivity contribution in [2.75, 3.05) is 14.2 Å². The molecule has 1 aromatic carbocycles. The Kier molecular flexibility index (Phi) is 3.66. The van der Waals surface area contributed by atoms with Crippen LogP contribution < -0.4 is 9.47 Å². The van der Waals surface area contributed by atoms with E-state index in [4.69, 9.17) is 9.47 Å². The highest BCUT2D eigenvalue weighted by atomic mass is 19.1. The lowest BCUT2D eigenvalue weighted by atomic mass is 10.1. The molecule has 0 aromatic heterocycles. The summed E-state index contributed by atoms with van der Waals surface area (Å²) in [6, 6.07) is 2.98. The first-order valence-electron chi connectivity index (χ1n) is 4.45. The molecule has 0 unspecified atom stereocenters. The highest BCUT2D eigenvalue weighted by Crippen LogP contribution is 2.29. The monoisotopic (exact) mass is 212 g/mol. The number of hydrogen-bond donors (Lipinski definition) is 0. The first kappa shape index (κ1) is 11.5. The van der Waals surface area contributed by atoms with Crippen LogP contribution in [0, 0.1) is 0 Å². The number of alkyl halides is 1. The minimum absolute atomic E-state index is 0.163. The van der Waals surface area contributed by atoms with Gasteiger partial charge in [0, 0.05) is 11.6 Å². The molecule has 0 saturated heterocycles. The van der Waals surface area contributed by atoms with Crippen molar-refractivity contribution in [1.82, 2.24) is 0 Å². The number of ketones is 1. The van der Waals surface area contributed by atoms with Crippen LogP contribution in [-0.4, -0.2) is 20.0 Å². The quantitative estimate of drug-likeness (QED) is 0.719. The lowest BCUT2D eigenvalue weighted by Gasteiger charge is -2.11. The molecule has 0 fully saturated rings. The minimum Gasteiger partial charge on any atom is -0.496 e. The molecule has 4 heteroatoms. The van der Waals surface area contributed by atoms with Crippen LogP contribution in [0.3, 0.4) is 0 Å². The Morgan fingerprint density at radius 2 is 1.87 bits per heavy atom. The maximum absolute atomic E-state index is 12.6. The summed E-state index contributed by atoms with van der Waals surface area (Å²) in [5, 5.41) is 0. The van der Waals surface area contributed by atoms with Crippen molar-refractivity contribution in [3.63, 3.8) is 0 Å². The van der Waals surface area contributed by atoms with Crippen LogP contribution in [-0.2, 0) is 6.67 Å². The molecule has 3 nitrogen and oxygen atoms in total. The van der Waals surface area contributed by atoms with Crippen LogP contribution in [0.5, 0.6) is 11.5 Å². The van der Waals surface area contributed by atoms with Gasteiger partial charge in [0.1, 0.15) is 18.2 Å². The highest BCUT2D eigenvalue weighted by molar-refractivity contribution is 5.97. The number of carbonyl (C=O) groups is 1. The van der Waals surface area contributed by atoms with Gasteiger partial charge in [-0.1, -0.05) is 0 Å². The van der Waals surface area contributed by atoms with Gasteiger partial charge in [-0.25, -0.2) is 4.39 Å². The van der Waals surface area contributed by atoms with E-state index in [9.17, 15) is 9.18 Å². The molecule has 15 heavy (non-hydrogen) atoms. The Labute approximate surface area is 87.8 Å². The highest BCUT2D eigenvalue weighted by Gasteiger charge is 2.13. The fourth-order valence-corrected chi connectivity index (χ4v) is 1.34. The first-order valence-corrected chi connectivity index (χ1v) is 4.45. The standard InChI is InChI=1S/C11H13FO3/c1-7(13)9-4-8(6-12)10(14-2)5-11(9)15-3/h4-5H,6H2,1-3H3. The van der Waals surface area contributed by atoms with Crippen LogP contribution in [0.25, 0.3) is 0 Å². The van der Waals surface area contributed by atoms with E-state index < -0.39 is 6.67 Å². The van der Waals surface area contributed by atoms with Crippen molar-refractivity contribution in [1.29, 1.82) is 0 Å². The molecule has 1 aromatic rings. The third-order valence-electron chi connectivity index (χ3n) is 2.13. The lowest BCUT2D eigenvalue weighted by molar-refractivity contribution is 0.101. The van der Waals surface area contributed by atoms with E-state index in [0.717, 1.165) is 0 Å². The average Bonchev–Trinajstić information content (AvgIpc) is 2.26. The molecule has 0 atom stereocenters. The topological polar surface area (TPSA) is 35.5 Å². The maximum Gasteiger partial charge on any atom is 0.163 e. The zero-order valence-electron chi connectivity index (χ0n) is 8.96. The lowest BCUT2D eigenvalue weighted by Crippen LogP contribution is -2.01. The predicted octanol–water partition coefficient (Wildman–Crippen LogP) is 2.38. The molecule has 0 heterocycles. The van der Waals surface area contributed by atoms with E-state index in [1.807, 2.05) is 0 Å².